The zero-order valence-corrected chi connectivity index (χ0v) is 14.0. The number of benzene rings is 2. The summed E-state index contributed by atoms with van der Waals surface area (Å²) in [6, 6.07) is 16.8. The van der Waals surface area contributed by atoms with Gasteiger partial charge in [0.05, 0.1) is 12.6 Å². The maximum Gasteiger partial charge on any atom is 0.251 e. The van der Waals surface area contributed by atoms with Crippen molar-refractivity contribution in [1.29, 1.82) is 0 Å². The van der Waals surface area contributed by atoms with Crippen molar-refractivity contribution in [3.05, 3.63) is 65.7 Å². The first kappa shape index (κ1) is 17.5. The fourth-order valence-electron chi connectivity index (χ4n) is 2.32. The molecule has 0 radical (unpaired) electrons. The van der Waals surface area contributed by atoms with Gasteiger partial charge in [0.1, 0.15) is 0 Å². The first-order valence-corrected chi connectivity index (χ1v) is 8.06. The summed E-state index contributed by atoms with van der Waals surface area (Å²) in [5.74, 6) is -0.224. The second kappa shape index (κ2) is 8.72. The van der Waals surface area contributed by atoms with Crippen molar-refractivity contribution in [2.45, 2.75) is 19.9 Å². The van der Waals surface area contributed by atoms with Gasteiger partial charge in [0.25, 0.3) is 5.91 Å². The second-order valence-corrected chi connectivity index (χ2v) is 5.49. The SMILES string of the molecule is CCNC(=O)CNc1cccc(C(=O)NC(C)c2ccccc2)c1. The van der Waals surface area contributed by atoms with Gasteiger partial charge in [-0.3, -0.25) is 9.59 Å². The molecular weight excluding hydrogens is 302 g/mol. The highest BCUT2D eigenvalue weighted by atomic mass is 16.2. The number of carbonyl (C=O) groups excluding carboxylic acids is 2. The number of hydrogen-bond acceptors (Lipinski definition) is 3. The molecule has 0 fully saturated rings. The molecule has 0 aliphatic heterocycles. The number of carbonyl (C=O) groups is 2. The molecule has 1 atom stereocenters. The Bertz CT molecular complexity index is 686. The second-order valence-electron chi connectivity index (χ2n) is 5.49. The van der Waals surface area contributed by atoms with Crippen LogP contribution in [-0.2, 0) is 4.79 Å². The smallest absolute Gasteiger partial charge is 0.251 e. The van der Waals surface area contributed by atoms with Crippen molar-refractivity contribution in [1.82, 2.24) is 10.6 Å². The van der Waals surface area contributed by atoms with E-state index in [9.17, 15) is 9.59 Å². The van der Waals surface area contributed by atoms with E-state index in [1.54, 1.807) is 18.2 Å². The van der Waals surface area contributed by atoms with Crippen LogP contribution in [0.25, 0.3) is 0 Å². The van der Waals surface area contributed by atoms with Gasteiger partial charge in [0.15, 0.2) is 0 Å². The Labute approximate surface area is 142 Å². The first-order chi connectivity index (χ1) is 11.6. The van der Waals surface area contributed by atoms with Crippen LogP contribution in [0.2, 0.25) is 0 Å². The molecule has 24 heavy (non-hydrogen) atoms. The molecule has 0 saturated carbocycles. The number of amides is 2. The molecule has 0 aliphatic rings. The molecule has 126 valence electrons. The highest BCUT2D eigenvalue weighted by Gasteiger charge is 2.11. The van der Waals surface area contributed by atoms with Crippen molar-refractivity contribution in [3.8, 4) is 0 Å². The van der Waals surface area contributed by atoms with Gasteiger partial charge in [-0.15, -0.1) is 0 Å². The van der Waals surface area contributed by atoms with Crippen LogP contribution in [0.5, 0.6) is 0 Å². The van der Waals surface area contributed by atoms with Gasteiger partial charge in [-0.25, -0.2) is 0 Å². The highest BCUT2D eigenvalue weighted by Crippen LogP contribution is 2.14. The molecule has 2 aromatic rings. The fourth-order valence-corrected chi connectivity index (χ4v) is 2.32. The van der Waals surface area contributed by atoms with Gasteiger partial charge >= 0.3 is 0 Å². The zero-order valence-electron chi connectivity index (χ0n) is 14.0. The topological polar surface area (TPSA) is 70.2 Å². The van der Waals surface area contributed by atoms with Crippen LogP contribution < -0.4 is 16.0 Å². The van der Waals surface area contributed by atoms with E-state index in [1.807, 2.05) is 50.2 Å². The molecule has 2 amide bonds. The molecule has 5 heteroatoms. The minimum Gasteiger partial charge on any atom is -0.376 e. The molecule has 0 aliphatic carbocycles. The van der Waals surface area contributed by atoms with Gasteiger partial charge in [0.2, 0.25) is 5.91 Å². The highest BCUT2D eigenvalue weighted by molar-refractivity contribution is 5.95. The number of anilines is 1. The Kier molecular flexibility index (Phi) is 6.37. The van der Waals surface area contributed by atoms with Gasteiger partial charge in [-0.2, -0.15) is 0 Å². The van der Waals surface area contributed by atoms with E-state index in [2.05, 4.69) is 16.0 Å². The predicted molar refractivity (Wildman–Crippen MR) is 95.9 cm³/mol. The largest absolute Gasteiger partial charge is 0.376 e. The maximum absolute atomic E-state index is 12.4. The average Bonchev–Trinajstić information content (AvgIpc) is 2.61. The number of hydrogen-bond donors (Lipinski definition) is 3. The summed E-state index contributed by atoms with van der Waals surface area (Å²) in [5.41, 5.74) is 2.34. The number of rotatable bonds is 7. The average molecular weight is 325 g/mol. The van der Waals surface area contributed by atoms with E-state index < -0.39 is 0 Å². The molecule has 3 N–H and O–H groups in total. The van der Waals surface area contributed by atoms with Crippen molar-refractivity contribution in [3.63, 3.8) is 0 Å². The Morgan fingerprint density at radius 3 is 2.50 bits per heavy atom. The normalized spacial score (nSPS) is 11.4. The molecule has 0 bridgehead atoms. The molecule has 0 heterocycles. The fraction of sp³-hybridized carbons (Fsp3) is 0.263. The lowest BCUT2D eigenvalue weighted by atomic mass is 10.1. The predicted octanol–water partition coefficient (Wildman–Crippen LogP) is 2.73. The van der Waals surface area contributed by atoms with Crippen LogP contribution in [0, 0.1) is 0 Å². The summed E-state index contributed by atoms with van der Waals surface area (Å²) in [7, 11) is 0. The van der Waals surface area contributed by atoms with Crippen LogP contribution in [0.1, 0.15) is 35.8 Å². The summed E-state index contributed by atoms with van der Waals surface area (Å²) in [6.45, 7) is 4.60. The Morgan fingerprint density at radius 2 is 1.79 bits per heavy atom. The monoisotopic (exact) mass is 325 g/mol. The summed E-state index contributed by atoms with van der Waals surface area (Å²) in [6.07, 6.45) is 0. The molecule has 1 unspecified atom stereocenters. The Morgan fingerprint density at radius 1 is 1.04 bits per heavy atom. The zero-order chi connectivity index (χ0) is 17.4. The molecule has 0 spiro atoms. The van der Waals surface area contributed by atoms with Gasteiger partial charge in [-0.05, 0) is 37.6 Å². The number of nitrogens with one attached hydrogen (secondary N) is 3. The molecule has 2 aromatic carbocycles. The third-order valence-corrected chi connectivity index (χ3v) is 3.60. The third kappa shape index (κ3) is 5.12. The lowest BCUT2D eigenvalue weighted by Gasteiger charge is -2.15. The Balaban J connectivity index is 1.97. The molecular formula is C19H23N3O2. The first-order valence-electron chi connectivity index (χ1n) is 8.06. The van der Waals surface area contributed by atoms with E-state index in [0.29, 0.717) is 12.1 Å². The standard InChI is InChI=1S/C19H23N3O2/c1-3-20-18(23)13-21-17-11-7-10-16(12-17)19(24)22-14(2)15-8-5-4-6-9-15/h4-12,14,21H,3,13H2,1-2H3,(H,20,23)(H,22,24). The summed E-state index contributed by atoms with van der Waals surface area (Å²) in [4.78, 5) is 23.9. The van der Waals surface area contributed by atoms with E-state index >= 15 is 0 Å². The maximum atomic E-state index is 12.4. The van der Waals surface area contributed by atoms with Gasteiger partial charge in [-0.1, -0.05) is 36.4 Å². The number of likely N-dealkylation sites (N-methyl/N-ethyl adjacent to an activating group) is 1. The molecule has 0 saturated heterocycles. The van der Waals surface area contributed by atoms with Crippen molar-refractivity contribution in [2.75, 3.05) is 18.4 Å². The molecule has 0 aromatic heterocycles. The van der Waals surface area contributed by atoms with Crippen LogP contribution >= 0.6 is 0 Å². The van der Waals surface area contributed by atoms with Gasteiger partial charge in [0, 0.05) is 17.8 Å². The van der Waals surface area contributed by atoms with Crippen LogP contribution in [-0.4, -0.2) is 24.9 Å². The van der Waals surface area contributed by atoms with Crippen LogP contribution in [0.15, 0.2) is 54.6 Å². The van der Waals surface area contributed by atoms with Crippen LogP contribution in [0.4, 0.5) is 5.69 Å². The van der Waals surface area contributed by atoms with Crippen molar-refractivity contribution < 1.29 is 9.59 Å². The van der Waals surface area contributed by atoms with E-state index in [-0.39, 0.29) is 24.4 Å². The van der Waals surface area contributed by atoms with Crippen molar-refractivity contribution >= 4 is 17.5 Å². The minimum atomic E-state index is -0.145. The van der Waals surface area contributed by atoms with E-state index in [0.717, 1.165) is 11.3 Å². The summed E-state index contributed by atoms with van der Waals surface area (Å²) >= 11 is 0. The minimum absolute atomic E-state index is 0.0781. The third-order valence-electron chi connectivity index (χ3n) is 3.60. The molecule has 2 rings (SSSR count). The van der Waals surface area contributed by atoms with Crippen LogP contribution in [0.3, 0.4) is 0 Å². The van der Waals surface area contributed by atoms with E-state index in [4.69, 9.17) is 0 Å². The lowest BCUT2D eigenvalue weighted by Crippen LogP contribution is -2.29. The molecule has 5 nitrogen and oxygen atoms in total. The summed E-state index contributed by atoms with van der Waals surface area (Å²) < 4.78 is 0. The Hall–Kier alpha value is -2.82. The van der Waals surface area contributed by atoms with Crippen molar-refractivity contribution in [2.24, 2.45) is 0 Å². The van der Waals surface area contributed by atoms with Gasteiger partial charge < -0.3 is 16.0 Å². The quantitative estimate of drug-likeness (QED) is 0.733. The van der Waals surface area contributed by atoms with E-state index in [1.165, 1.54) is 0 Å². The summed E-state index contributed by atoms with van der Waals surface area (Å²) in [5, 5.41) is 8.71. The lowest BCUT2D eigenvalue weighted by molar-refractivity contribution is -0.119.